The fourth-order valence-corrected chi connectivity index (χ4v) is 1.40. The standard InChI is InChI=1S/C9H12N4O2/c1-13(5-11-10)6-2-3-7-8(4-6)15-9(14)12-7/h2-4,11H,5,10H2,1H3,(H,12,14). The molecule has 80 valence electrons. The Balaban J connectivity index is 2.41. The molecule has 1 aromatic carbocycles. The van der Waals surface area contributed by atoms with Crippen LogP contribution >= 0.6 is 0 Å². The van der Waals surface area contributed by atoms with E-state index in [4.69, 9.17) is 10.3 Å². The van der Waals surface area contributed by atoms with Crippen molar-refractivity contribution >= 4 is 16.8 Å². The van der Waals surface area contributed by atoms with Gasteiger partial charge in [0.25, 0.3) is 0 Å². The Morgan fingerprint density at radius 1 is 1.60 bits per heavy atom. The van der Waals surface area contributed by atoms with Crippen LogP contribution < -0.4 is 21.9 Å². The third kappa shape index (κ3) is 1.85. The number of nitrogens with one attached hydrogen (secondary N) is 2. The molecule has 2 rings (SSSR count). The molecule has 1 aromatic heterocycles. The smallest absolute Gasteiger partial charge is 0.408 e. The van der Waals surface area contributed by atoms with Crippen molar-refractivity contribution < 1.29 is 4.42 Å². The first-order valence-electron chi connectivity index (χ1n) is 4.48. The van der Waals surface area contributed by atoms with Gasteiger partial charge in [0.05, 0.1) is 12.2 Å². The highest BCUT2D eigenvalue weighted by molar-refractivity contribution is 5.76. The third-order valence-corrected chi connectivity index (χ3v) is 2.17. The van der Waals surface area contributed by atoms with E-state index in [1.807, 2.05) is 18.0 Å². The Morgan fingerprint density at radius 2 is 2.40 bits per heavy atom. The van der Waals surface area contributed by atoms with Crippen LogP contribution in [0.5, 0.6) is 0 Å². The van der Waals surface area contributed by atoms with E-state index in [0.717, 1.165) is 5.69 Å². The third-order valence-electron chi connectivity index (χ3n) is 2.17. The number of nitrogens with two attached hydrogens (primary N) is 1. The quantitative estimate of drug-likeness (QED) is 0.375. The number of aromatic nitrogens is 1. The number of fused-ring (bicyclic) bond motifs is 1. The largest absolute Gasteiger partial charge is 0.417 e. The monoisotopic (exact) mass is 208 g/mol. The first-order valence-corrected chi connectivity index (χ1v) is 4.48. The summed E-state index contributed by atoms with van der Waals surface area (Å²) in [7, 11) is 1.88. The van der Waals surface area contributed by atoms with Gasteiger partial charge in [0.2, 0.25) is 0 Å². The zero-order valence-corrected chi connectivity index (χ0v) is 8.28. The van der Waals surface area contributed by atoms with Crippen LogP contribution in [-0.4, -0.2) is 18.7 Å². The summed E-state index contributed by atoms with van der Waals surface area (Å²) >= 11 is 0. The summed E-state index contributed by atoms with van der Waals surface area (Å²) in [5, 5.41) is 0. The number of H-pyrrole nitrogens is 1. The maximum Gasteiger partial charge on any atom is 0.417 e. The average Bonchev–Trinajstić information content (AvgIpc) is 2.57. The summed E-state index contributed by atoms with van der Waals surface area (Å²) in [6, 6.07) is 5.46. The van der Waals surface area contributed by atoms with Gasteiger partial charge in [-0.25, -0.2) is 10.2 Å². The summed E-state index contributed by atoms with van der Waals surface area (Å²) in [5.74, 6) is 4.77. The van der Waals surface area contributed by atoms with Crippen LogP contribution in [0.2, 0.25) is 0 Å². The molecule has 0 aliphatic heterocycles. The van der Waals surface area contributed by atoms with E-state index in [-0.39, 0.29) is 0 Å². The average molecular weight is 208 g/mol. The second kappa shape index (κ2) is 3.76. The number of oxazole rings is 1. The minimum absolute atomic E-state index is 0.443. The van der Waals surface area contributed by atoms with E-state index in [1.54, 1.807) is 12.1 Å². The lowest BCUT2D eigenvalue weighted by Gasteiger charge is -2.17. The van der Waals surface area contributed by atoms with Crippen LogP contribution in [0.4, 0.5) is 5.69 Å². The molecule has 0 saturated heterocycles. The summed E-state index contributed by atoms with van der Waals surface area (Å²) in [4.78, 5) is 15.4. The molecule has 6 heteroatoms. The van der Waals surface area contributed by atoms with Crippen LogP contribution in [-0.2, 0) is 0 Å². The summed E-state index contributed by atoms with van der Waals surface area (Å²) in [6.07, 6.45) is 0. The molecule has 0 radical (unpaired) electrons. The van der Waals surface area contributed by atoms with E-state index in [2.05, 4.69) is 10.4 Å². The number of aromatic amines is 1. The number of benzene rings is 1. The molecule has 0 atom stereocenters. The Hall–Kier alpha value is -1.79. The molecule has 4 N–H and O–H groups in total. The SMILES string of the molecule is CN(CNN)c1ccc2[nH]c(=O)oc2c1. The predicted octanol–water partition coefficient (Wildman–Crippen LogP) is -0.0219. The van der Waals surface area contributed by atoms with Crippen molar-refractivity contribution in [1.29, 1.82) is 0 Å². The summed E-state index contributed by atoms with van der Waals surface area (Å²) in [5.41, 5.74) is 4.70. The summed E-state index contributed by atoms with van der Waals surface area (Å²) < 4.78 is 4.95. The number of hydrogen-bond acceptors (Lipinski definition) is 5. The Labute approximate surface area is 85.6 Å². The number of hydrogen-bond donors (Lipinski definition) is 3. The van der Waals surface area contributed by atoms with E-state index in [9.17, 15) is 4.79 Å². The Bertz CT molecular complexity index is 516. The number of nitrogens with zero attached hydrogens (tertiary/aromatic N) is 1. The van der Waals surface area contributed by atoms with Gasteiger partial charge in [0, 0.05) is 18.8 Å². The van der Waals surface area contributed by atoms with Crippen molar-refractivity contribution in [3.05, 3.63) is 28.7 Å². The van der Waals surface area contributed by atoms with Crippen LogP contribution in [0.15, 0.2) is 27.4 Å². The fraction of sp³-hybridized carbons (Fsp3) is 0.222. The van der Waals surface area contributed by atoms with Crippen molar-refractivity contribution in [1.82, 2.24) is 10.4 Å². The Kier molecular flexibility index (Phi) is 2.44. The zero-order chi connectivity index (χ0) is 10.8. The summed E-state index contributed by atoms with van der Waals surface area (Å²) in [6.45, 7) is 0.514. The van der Waals surface area contributed by atoms with Gasteiger partial charge >= 0.3 is 5.76 Å². The predicted molar refractivity (Wildman–Crippen MR) is 57.4 cm³/mol. The van der Waals surface area contributed by atoms with Crippen LogP contribution in [0.3, 0.4) is 0 Å². The molecular formula is C9H12N4O2. The first kappa shape index (κ1) is 9.75. The lowest BCUT2D eigenvalue weighted by atomic mass is 10.3. The second-order valence-electron chi connectivity index (χ2n) is 3.26. The highest BCUT2D eigenvalue weighted by Gasteiger charge is 2.04. The molecule has 0 saturated carbocycles. The number of anilines is 1. The molecular weight excluding hydrogens is 196 g/mol. The lowest BCUT2D eigenvalue weighted by molar-refractivity contribution is 0.555. The highest BCUT2D eigenvalue weighted by Crippen LogP contribution is 2.18. The van der Waals surface area contributed by atoms with Crippen LogP contribution in [0.1, 0.15) is 0 Å². The Morgan fingerprint density at radius 3 is 3.13 bits per heavy atom. The van der Waals surface area contributed by atoms with Crippen LogP contribution in [0, 0.1) is 0 Å². The van der Waals surface area contributed by atoms with Gasteiger partial charge in [-0.15, -0.1) is 0 Å². The van der Waals surface area contributed by atoms with Gasteiger partial charge in [0.1, 0.15) is 0 Å². The van der Waals surface area contributed by atoms with Crippen molar-refractivity contribution in [2.24, 2.45) is 5.84 Å². The van der Waals surface area contributed by atoms with Crippen LogP contribution in [0.25, 0.3) is 11.1 Å². The molecule has 15 heavy (non-hydrogen) atoms. The van der Waals surface area contributed by atoms with E-state index in [0.29, 0.717) is 17.8 Å². The van der Waals surface area contributed by atoms with Crippen molar-refractivity contribution in [3.8, 4) is 0 Å². The lowest BCUT2D eigenvalue weighted by Crippen LogP contribution is -2.35. The van der Waals surface area contributed by atoms with Gasteiger partial charge in [-0.2, -0.15) is 0 Å². The van der Waals surface area contributed by atoms with Gasteiger partial charge in [-0.05, 0) is 12.1 Å². The molecule has 0 bridgehead atoms. The minimum atomic E-state index is -0.443. The number of hydrazine groups is 1. The van der Waals surface area contributed by atoms with Gasteiger partial charge in [-0.1, -0.05) is 0 Å². The molecule has 2 aromatic rings. The van der Waals surface area contributed by atoms with E-state index >= 15 is 0 Å². The normalized spacial score (nSPS) is 10.8. The van der Waals surface area contributed by atoms with Gasteiger partial charge < -0.3 is 9.32 Å². The molecule has 0 spiro atoms. The number of rotatable bonds is 3. The first-order chi connectivity index (χ1) is 7.20. The molecule has 6 nitrogen and oxygen atoms in total. The van der Waals surface area contributed by atoms with E-state index in [1.165, 1.54) is 0 Å². The van der Waals surface area contributed by atoms with Gasteiger partial charge in [0.15, 0.2) is 5.58 Å². The molecule has 0 unspecified atom stereocenters. The molecule has 0 aliphatic carbocycles. The van der Waals surface area contributed by atoms with Gasteiger partial charge in [-0.3, -0.25) is 10.8 Å². The molecule has 0 amide bonds. The molecule has 0 fully saturated rings. The van der Waals surface area contributed by atoms with E-state index < -0.39 is 5.76 Å². The molecule has 0 aliphatic rings. The highest BCUT2D eigenvalue weighted by atomic mass is 16.4. The van der Waals surface area contributed by atoms with Crippen molar-refractivity contribution in [2.45, 2.75) is 0 Å². The maximum atomic E-state index is 10.9. The fourth-order valence-electron chi connectivity index (χ4n) is 1.40. The topological polar surface area (TPSA) is 87.3 Å². The second-order valence-corrected chi connectivity index (χ2v) is 3.26. The van der Waals surface area contributed by atoms with Crippen molar-refractivity contribution in [2.75, 3.05) is 18.6 Å². The van der Waals surface area contributed by atoms with Crippen molar-refractivity contribution in [3.63, 3.8) is 0 Å². The maximum absolute atomic E-state index is 10.9. The minimum Gasteiger partial charge on any atom is -0.408 e. The molecule has 1 heterocycles. The zero-order valence-electron chi connectivity index (χ0n) is 8.28.